The number of halogens is 5. The standard InChI is InChI=1S/C16H14Cl2F3N3O2S/c17-12-3-1-2-4-14(12)27(25,26)24-7-5-23(6-8-24)15-13(18)9-11(10-22-15)16(19,20)21/h1-4,9-10H,5-8H2. The van der Waals surface area contributed by atoms with Gasteiger partial charge in [0.1, 0.15) is 10.7 Å². The minimum atomic E-state index is -4.53. The quantitative estimate of drug-likeness (QED) is 0.727. The summed E-state index contributed by atoms with van der Waals surface area (Å²) in [6, 6.07) is 6.96. The molecule has 3 rings (SSSR count). The van der Waals surface area contributed by atoms with E-state index in [9.17, 15) is 21.6 Å². The first-order chi connectivity index (χ1) is 12.6. The number of hydrogen-bond acceptors (Lipinski definition) is 4. The monoisotopic (exact) mass is 439 g/mol. The van der Waals surface area contributed by atoms with Gasteiger partial charge in [0.15, 0.2) is 0 Å². The molecule has 0 bridgehead atoms. The SMILES string of the molecule is O=S(=O)(c1ccccc1Cl)N1CCN(c2ncc(C(F)(F)F)cc2Cl)CC1. The zero-order chi connectivity index (χ0) is 19.8. The van der Waals surface area contributed by atoms with Gasteiger partial charge in [0, 0.05) is 32.4 Å². The molecule has 0 atom stereocenters. The average molecular weight is 440 g/mol. The van der Waals surface area contributed by atoms with E-state index in [0.717, 1.165) is 6.07 Å². The van der Waals surface area contributed by atoms with Crippen molar-refractivity contribution in [3.05, 3.63) is 52.1 Å². The first kappa shape index (κ1) is 20.2. The third-order valence-corrected chi connectivity index (χ3v) is 6.82. The van der Waals surface area contributed by atoms with E-state index in [-0.39, 0.29) is 46.9 Å². The fourth-order valence-corrected chi connectivity index (χ4v) is 4.95. The first-order valence-corrected chi connectivity index (χ1v) is 10.0. The van der Waals surface area contributed by atoms with Crippen molar-refractivity contribution in [3.63, 3.8) is 0 Å². The van der Waals surface area contributed by atoms with Crippen LogP contribution in [0.1, 0.15) is 5.56 Å². The summed E-state index contributed by atoms with van der Waals surface area (Å²) in [5.74, 6) is 0.194. The van der Waals surface area contributed by atoms with Crippen molar-refractivity contribution in [3.8, 4) is 0 Å². The fourth-order valence-electron chi connectivity index (χ4n) is 2.75. The minimum absolute atomic E-state index is 0.0193. The molecule has 1 saturated heterocycles. The Labute approximate surface area is 164 Å². The highest BCUT2D eigenvalue weighted by Gasteiger charge is 2.33. The zero-order valence-corrected chi connectivity index (χ0v) is 16.1. The number of piperazine rings is 1. The van der Waals surface area contributed by atoms with E-state index in [1.807, 2.05) is 0 Å². The van der Waals surface area contributed by atoms with Crippen LogP contribution in [0, 0.1) is 0 Å². The molecule has 11 heteroatoms. The van der Waals surface area contributed by atoms with E-state index >= 15 is 0 Å². The highest BCUT2D eigenvalue weighted by molar-refractivity contribution is 7.89. The summed E-state index contributed by atoms with van der Waals surface area (Å²) in [6.45, 7) is 0.739. The van der Waals surface area contributed by atoms with Crippen molar-refractivity contribution < 1.29 is 21.6 Å². The number of hydrogen-bond donors (Lipinski definition) is 0. The number of sulfonamides is 1. The largest absolute Gasteiger partial charge is 0.417 e. The van der Waals surface area contributed by atoms with Crippen molar-refractivity contribution in [2.45, 2.75) is 11.1 Å². The number of aromatic nitrogens is 1. The molecule has 5 nitrogen and oxygen atoms in total. The topological polar surface area (TPSA) is 53.5 Å². The van der Waals surface area contributed by atoms with Gasteiger partial charge in [0.2, 0.25) is 10.0 Å². The first-order valence-electron chi connectivity index (χ1n) is 7.83. The smallest absolute Gasteiger partial charge is 0.353 e. The highest BCUT2D eigenvalue weighted by Crippen LogP contribution is 2.34. The van der Waals surface area contributed by atoms with Gasteiger partial charge < -0.3 is 4.90 Å². The molecule has 1 fully saturated rings. The molecule has 1 aliphatic rings. The number of pyridine rings is 1. The van der Waals surface area contributed by atoms with Gasteiger partial charge in [0.05, 0.1) is 15.6 Å². The summed E-state index contributed by atoms with van der Waals surface area (Å²) in [5, 5.41) is -0.000355. The van der Waals surface area contributed by atoms with Gasteiger partial charge in [-0.1, -0.05) is 35.3 Å². The van der Waals surface area contributed by atoms with Crippen LogP contribution in [0.3, 0.4) is 0 Å². The number of alkyl halides is 3. The molecule has 27 heavy (non-hydrogen) atoms. The molecule has 0 saturated carbocycles. The number of anilines is 1. The minimum Gasteiger partial charge on any atom is -0.353 e. The Bertz CT molecular complexity index is 946. The number of nitrogens with zero attached hydrogens (tertiary/aromatic N) is 3. The summed E-state index contributed by atoms with van der Waals surface area (Å²) in [5.41, 5.74) is -0.934. The van der Waals surface area contributed by atoms with E-state index in [1.165, 1.54) is 16.4 Å². The Morgan fingerprint density at radius 1 is 1.00 bits per heavy atom. The molecule has 0 N–H and O–H groups in total. The third-order valence-electron chi connectivity index (χ3n) is 4.14. The molecule has 0 spiro atoms. The Morgan fingerprint density at radius 2 is 1.63 bits per heavy atom. The van der Waals surface area contributed by atoms with Crippen LogP contribution in [0.25, 0.3) is 0 Å². The highest BCUT2D eigenvalue weighted by atomic mass is 35.5. The van der Waals surface area contributed by atoms with Crippen LogP contribution in [-0.4, -0.2) is 43.9 Å². The lowest BCUT2D eigenvalue weighted by Gasteiger charge is -2.35. The normalized spacial score (nSPS) is 16.6. The third kappa shape index (κ3) is 4.16. The van der Waals surface area contributed by atoms with Crippen LogP contribution in [0.4, 0.5) is 19.0 Å². The van der Waals surface area contributed by atoms with Crippen molar-refractivity contribution in [1.29, 1.82) is 0 Å². The van der Waals surface area contributed by atoms with Crippen molar-refractivity contribution in [1.82, 2.24) is 9.29 Å². The van der Waals surface area contributed by atoms with Gasteiger partial charge in [-0.2, -0.15) is 17.5 Å². The zero-order valence-electron chi connectivity index (χ0n) is 13.7. The van der Waals surface area contributed by atoms with E-state index in [2.05, 4.69) is 4.98 Å². The Morgan fingerprint density at radius 3 is 2.19 bits per heavy atom. The molecule has 1 aromatic carbocycles. The lowest BCUT2D eigenvalue weighted by Crippen LogP contribution is -2.49. The van der Waals surface area contributed by atoms with Gasteiger partial charge in [0.25, 0.3) is 0 Å². The predicted molar refractivity (Wildman–Crippen MR) is 96.7 cm³/mol. The van der Waals surface area contributed by atoms with Gasteiger partial charge in [-0.05, 0) is 18.2 Å². The molecule has 1 aromatic heterocycles. The van der Waals surface area contributed by atoms with E-state index in [0.29, 0.717) is 6.20 Å². The van der Waals surface area contributed by atoms with Crippen molar-refractivity contribution in [2.75, 3.05) is 31.1 Å². The number of benzene rings is 1. The maximum atomic E-state index is 12.7. The van der Waals surface area contributed by atoms with Crippen molar-refractivity contribution in [2.24, 2.45) is 0 Å². The molecule has 146 valence electrons. The van der Waals surface area contributed by atoms with Crippen LogP contribution >= 0.6 is 23.2 Å². The van der Waals surface area contributed by atoms with Gasteiger partial charge in [-0.3, -0.25) is 0 Å². The molecular formula is C16H14Cl2F3N3O2S. The van der Waals surface area contributed by atoms with Crippen molar-refractivity contribution >= 4 is 39.0 Å². The molecule has 0 unspecified atom stereocenters. The summed E-state index contributed by atoms with van der Waals surface area (Å²) in [6.07, 6.45) is -3.81. The Hall–Kier alpha value is -1.55. The molecule has 2 aromatic rings. The second kappa shape index (κ2) is 7.46. The summed E-state index contributed by atoms with van der Waals surface area (Å²) in [7, 11) is -3.76. The van der Waals surface area contributed by atoms with Gasteiger partial charge >= 0.3 is 6.18 Å². The van der Waals surface area contributed by atoms with Crippen LogP contribution in [0.15, 0.2) is 41.4 Å². The number of rotatable bonds is 3. The van der Waals surface area contributed by atoms with Gasteiger partial charge in [-0.15, -0.1) is 0 Å². The maximum absolute atomic E-state index is 12.7. The van der Waals surface area contributed by atoms with E-state index in [4.69, 9.17) is 23.2 Å². The van der Waals surface area contributed by atoms with Crippen LogP contribution in [0.5, 0.6) is 0 Å². The lowest BCUT2D eigenvalue weighted by atomic mass is 10.2. The molecule has 0 aliphatic carbocycles. The molecule has 1 aliphatic heterocycles. The molecule has 0 radical (unpaired) electrons. The van der Waals surface area contributed by atoms with Crippen LogP contribution < -0.4 is 4.90 Å². The Balaban J connectivity index is 1.75. The molecular weight excluding hydrogens is 426 g/mol. The summed E-state index contributed by atoms with van der Waals surface area (Å²) < 4.78 is 64.9. The fraction of sp³-hybridized carbons (Fsp3) is 0.312. The van der Waals surface area contributed by atoms with Gasteiger partial charge in [-0.25, -0.2) is 13.4 Å². The molecule has 2 heterocycles. The maximum Gasteiger partial charge on any atom is 0.417 e. The van der Waals surface area contributed by atoms with E-state index < -0.39 is 21.8 Å². The second-order valence-electron chi connectivity index (χ2n) is 5.85. The lowest BCUT2D eigenvalue weighted by molar-refractivity contribution is -0.137. The van der Waals surface area contributed by atoms with Crippen LogP contribution in [-0.2, 0) is 16.2 Å². The summed E-state index contributed by atoms with van der Waals surface area (Å²) >= 11 is 11.9. The Kier molecular flexibility index (Phi) is 5.58. The molecule has 0 amide bonds. The predicted octanol–water partition coefficient (Wildman–Crippen LogP) is 3.92. The van der Waals surface area contributed by atoms with Crippen LogP contribution in [0.2, 0.25) is 10.0 Å². The average Bonchev–Trinajstić information content (AvgIpc) is 2.61. The van der Waals surface area contributed by atoms with E-state index in [1.54, 1.807) is 17.0 Å². The second-order valence-corrected chi connectivity index (χ2v) is 8.57. The summed E-state index contributed by atoms with van der Waals surface area (Å²) in [4.78, 5) is 5.49.